The normalized spacial score (nSPS) is 11.8. The zero-order valence-electron chi connectivity index (χ0n) is 13.0. The Labute approximate surface area is 142 Å². The number of hydrogen-bond acceptors (Lipinski definition) is 2. The van der Waals surface area contributed by atoms with Gasteiger partial charge in [-0.1, -0.05) is 37.6 Å². The Kier molecular flexibility index (Phi) is 5.18. The number of halogens is 4. The second kappa shape index (κ2) is 6.81. The van der Waals surface area contributed by atoms with E-state index in [1.165, 1.54) is 6.07 Å². The van der Waals surface area contributed by atoms with Gasteiger partial charge in [0.1, 0.15) is 0 Å². The zero-order valence-corrected chi connectivity index (χ0v) is 13.7. The van der Waals surface area contributed by atoms with E-state index in [4.69, 9.17) is 11.6 Å². The molecule has 1 aromatic heterocycles. The van der Waals surface area contributed by atoms with Gasteiger partial charge in [-0.25, -0.2) is 9.78 Å². The van der Waals surface area contributed by atoms with Crippen molar-refractivity contribution in [3.8, 4) is 11.3 Å². The highest BCUT2D eigenvalue weighted by molar-refractivity contribution is 6.30. The van der Waals surface area contributed by atoms with Gasteiger partial charge in [-0.15, -0.1) is 0 Å². The highest BCUT2D eigenvalue weighted by atomic mass is 35.5. The molecule has 0 atom stereocenters. The van der Waals surface area contributed by atoms with E-state index in [1.807, 2.05) is 0 Å². The molecule has 24 heavy (non-hydrogen) atoms. The van der Waals surface area contributed by atoms with Gasteiger partial charge >= 0.3 is 12.1 Å². The van der Waals surface area contributed by atoms with E-state index < -0.39 is 23.4 Å². The Morgan fingerprint density at radius 3 is 2.29 bits per heavy atom. The van der Waals surface area contributed by atoms with Crippen LogP contribution in [-0.4, -0.2) is 16.1 Å². The summed E-state index contributed by atoms with van der Waals surface area (Å²) in [5.41, 5.74) is -1.54. The van der Waals surface area contributed by atoms with E-state index in [0.29, 0.717) is 10.6 Å². The monoisotopic (exact) mass is 357 g/mol. The standard InChI is InChI=1S/C17H15ClF3NO2/c1-9(2)7-11-8-13(10-3-5-12(18)6-4-10)22-15(17(19,20)21)14(11)16(23)24/h3-6,8-9H,7H2,1-2H3,(H,23,24). The summed E-state index contributed by atoms with van der Waals surface area (Å²) >= 11 is 5.79. The third-order valence-corrected chi connectivity index (χ3v) is 3.60. The summed E-state index contributed by atoms with van der Waals surface area (Å²) in [6, 6.07) is 7.58. The lowest BCUT2D eigenvalue weighted by molar-refractivity contribution is -0.141. The number of carboxylic acid groups (broad SMARTS) is 1. The molecular weight excluding hydrogens is 343 g/mol. The Bertz CT molecular complexity index is 756. The van der Waals surface area contributed by atoms with Crippen LogP contribution in [0.15, 0.2) is 30.3 Å². The second-order valence-corrected chi connectivity index (χ2v) is 6.23. The first-order chi connectivity index (χ1) is 11.1. The number of hydrogen-bond donors (Lipinski definition) is 1. The molecule has 0 amide bonds. The lowest BCUT2D eigenvalue weighted by Gasteiger charge is -2.17. The molecule has 0 saturated carbocycles. The van der Waals surface area contributed by atoms with Crippen molar-refractivity contribution in [2.45, 2.75) is 26.4 Å². The minimum Gasteiger partial charge on any atom is -0.478 e. The molecule has 2 aromatic rings. The molecule has 0 aliphatic heterocycles. The van der Waals surface area contributed by atoms with E-state index in [1.54, 1.807) is 38.1 Å². The molecule has 3 nitrogen and oxygen atoms in total. The lowest BCUT2D eigenvalue weighted by atomic mass is 9.95. The first-order valence-corrected chi connectivity index (χ1v) is 7.57. The van der Waals surface area contributed by atoms with Crippen molar-refractivity contribution in [3.63, 3.8) is 0 Å². The zero-order chi connectivity index (χ0) is 18.1. The van der Waals surface area contributed by atoms with Crippen LogP contribution < -0.4 is 0 Å². The first kappa shape index (κ1) is 18.3. The van der Waals surface area contributed by atoms with Crippen LogP contribution in [0.1, 0.15) is 35.5 Å². The topological polar surface area (TPSA) is 50.2 Å². The number of rotatable bonds is 4. The number of benzene rings is 1. The van der Waals surface area contributed by atoms with Crippen LogP contribution in [0, 0.1) is 5.92 Å². The minimum atomic E-state index is -4.86. The van der Waals surface area contributed by atoms with Crippen LogP contribution >= 0.6 is 11.6 Å². The molecule has 0 aliphatic carbocycles. The summed E-state index contributed by atoms with van der Waals surface area (Å²) < 4.78 is 40.0. The maximum atomic E-state index is 13.3. The van der Waals surface area contributed by atoms with Crippen molar-refractivity contribution in [1.82, 2.24) is 4.98 Å². The van der Waals surface area contributed by atoms with Gasteiger partial charge in [-0.2, -0.15) is 13.2 Å². The van der Waals surface area contributed by atoms with Gasteiger partial charge in [0, 0.05) is 10.6 Å². The van der Waals surface area contributed by atoms with Crippen LogP contribution in [0.5, 0.6) is 0 Å². The van der Waals surface area contributed by atoms with Crippen molar-refractivity contribution < 1.29 is 23.1 Å². The number of alkyl halides is 3. The van der Waals surface area contributed by atoms with E-state index in [-0.39, 0.29) is 23.6 Å². The van der Waals surface area contributed by atoms with Crippen molar-refractivity contribution in [2.24, 2.45) is 5.92 Å². The fraction of sp³-hybridized carbons (Fsp3) is 0.294. The van der Waals surface area contributed by atoms with Crippen LogP contribution in [0.25, 0.3) is 11.3 Å². The van der Waals surface area contributed by atoms with E-state index >= 15 is 0 Å². The smallest absolute Gasteiger partial charge is 0.434 e. The van der Waals surface area contributed by atoms with Gasteiger partial charge in [-0.3, -0.25) is 0 Å². The van der Waals surface area contributed by atoms with Crippen LogP contribution in [0.4, 0.5) is 13.2 Å². The van der Waals surface area contributed by atoms with Crippen LogP contribution in [0.2, 0.25) is 5.02 Å². The molecule has 1 heterocycles. The summed E-state index contributed by atoms with van der Waals surface area (Å²) in [6.07, 6.45) is -4.66. The van der Waals surface area contributed by atoms with E-state index in [0.717, 1.165) is 0 Å². The predicted octanol–water partition coefficient (Wildman–Crippen LogP) is 5.32. The summed E-state index contributed by atoms with van der Waals surface area (Å²) in [6.45, 7) is 3.61. The summed E-state index contributed by atoms with van der Waals surface area (Å²) in [7, 11) is 0. The SMILES string of the molecule is CC(C)Cc1cc(-c2ccc(Cl)cc2)nc(C(F)(F)F)c1C(=O)O. The minimum absolute atomic E-state index is 0.00958. The Morgan fingerprint density at radius 2 is 1.83 bits per heavy atom. The molecule has 0 spiro atoms. The molecule has 0 unspecified atom stereocenters. The van der Waals surface area contributed by atoms with Gasteiger partial charge in [-0.05, 0) is 36.1 Å². The maximum absolute atomic E-state index is 13.3. The van der Waals surface area contributed by atoms with Crippen LogP contribution in [-0.2, 0) is 12.6 Å². The fourth-order valence-corrected chi connectivity index (χ4v) is 2.54. The maximum Gasteiger partial charge on any atom is 0.434 e. The highest BCUT2D eigenvalue weighted by Gasteiger charge is 2.39. The van der Waals surface area contributed by atoms with Crippen LogP contribution in [0.3, 0.4) is 0 Å². The average molecular weight is 358 g/mol. The van der Waals surface area contributed by atoms with Gasteiger partial charge in [0.15, 0.2) is 5.69 Å². The van der Waals surface area contributed by atoms with Crippen molar-refractivity contribution in [2.75, 3.05) is 0 Å². The molecular formula is C17H15ClF3NO2. The molecule has 0 saturated heterocycles. The summed E-state index contributed by atoms with van der Waals surface area (Å²) in [5.74, 6) is -1.64. The molecule has 0 fully saturated rings. The third-order valence-electron chi connectivity index (χ3n) is 3.35. The first-order valence-electron chi connectivity index (χ1n) is 7.20. The molecule has 0 aliphatic rings. The van der Waals surface area contributed by atoms with E-state index in [2.05, 4.69) is 4.98 Å². The number of carbonyl (C=O) groups is 1. The number of pyridine rings is 1. The third kappa shape index (κ3) is 4.06. The average Bonchev–Trinajstić information content (AvgIpc) is 2.45. The Balaban J connectivity index is 2.74. The highest BCUT2D eigenvalue weighted by Crippen LogP contribution is 2.35. The predicted molar refractivity (Wildman–Crippen MR) is 85.2 cm³/mol. The van der Waals surface area contributed by atoms with Crippen molar-refractivity contribution >= 4 is 17.6 Å². The number of aromatic nitrogens is 1. The fourth-order valence-electron chi connectivity index (χ4n) is 2.41. The molecule has 1 aromatic carbocycles. The molecule has 7 heteroatoms. The molecule has 2 rings (SSSR count). The molecule has 1 N–H and O–H groups in total. The van der Waals surface area contributed by atoms with Gasteiger partial charge < -0.3 is 5.11 Å². The number of aromatic carboxylic acids is 1. The number of carboxylic acids is 1. The van der Waals surface area contributed by atoms with Gasteiger partial charge in [0.25, 0.3) is 0 Å². The van der Waals surface area contributed by atoms with Crippen molar-refractivity contribution in [3.05, 3.63) is 52.2 Å². The van der Waals surface area contributed by atoms with E-state index in [9.17, 15) is 23.1 Å². The lowest BCUT2D eigenvalue weighted by Crippen LogP contribution is -2.19. The summed E-state index contributed by atoms with van der Waals surface area (Å²) in [4.78, 5) is 15.0. The van der Waals surface area contributed by atoms with Crippen molar-refractivity contribution in [1.29, 1.82) is 0 Å². The molecule has 0 radical (unpaired) electrons. The van der Waals surface area contributed by atoms with Gasteiger partial charge in [0.05, 0.1) is 11.3 Å². The molecule has 0 bridgehead atoms. The Morgan fingerprint density at radius 1 is 1.25 bits per heavy atom. The quantitative estimate of drug-likeness (QED) is 0.805. The van der Waals surface area contributed by atoms with Gasteiger partial charge in [0.2, 0.25) is 0 Å². The largest absolute Gasteiger partial charge is 0.478 e. The Hall–Kier alpha value is -2.08. The summed E-state index contributed by atoms with van der Waals surface area (Å²) in [5, 5.41) is 9.71. The second-order valence-electron chi connectivity index (χ2n) is 5.80. The number of nitrogens with zero attached hydrogens (tertiary/aromatic N) is 1. The molecule has 128 valence electrons.